The van der Waals surface area contributed by atoms with Gasteiger partial charge >= 0.3 is 0 Å². The molecular formula is C21H27N5O. The molecule has 0 saturated carbocycles. The average Bonchev–Trinajstić information content (AvgIpc) is 2.74. The van der Waals surface area contributed by atoms with Crippen LogP contribution >= 0.6 is 0 Å². The van der Waals surface area contributed by atoms with Gasteiger partial charge in [0.1, 0.15) is 0 Å². The van der Waals surface area contributed by atoms with Crippen molar-refractivity contribution in [3.8, 4) is 0 Å². The van der Waals surface area contributed by atoms with Crippen LogP contribution in [0.25, 0.3) is 0 Å². The number of aromatic nitrogens is 3. The minimum atomic E-state index is 0.0213. The SMILES string of the molecule is Cc1nc(N2CCCCC2)ncc1C(=O)N1CCCCC1c1ccccn1. The number of hydrogen-bond donors (Lipinski definition) is 0. The van der Waals surface area contributed by atoms with Crippen LogP contribution in [0.1, 0.15) is 66.3 Å². The van der Waals surface area contributed by atoms with E-state index in [9.17, 15) is 4.79 Å². The Morgan fingerprint density at radius 1 is 1.04 bits per heavy atom. The van der Waals surface area contributed by atoms with Crippen LogP contribution < -0.4 is 4.90 Å². The van der Waals surface area contributed by atoms with Crippen LogP contribution in [0.3, 0.4) is 0 Å². The second kappa shape index (κ2) is 8.03. The number of anilines is 1. The van der Waals surface area contributed by atoms with E-state index in [4.69, 9.17) is 0 Å². The number of hydrogen-bond acceptors (Lipinski definition) is 5. The van der Waals surface area contributed by atoms with E-state index in [1.165, 1.54) is 19.3 Å². The van der Waals surface area contributed by atoms with E-state index in [1.807, 2.05) is 30.0 Å². The quantitative estimate of drug-likeness (QED) is 0.832. The number of nitrogens with zero attached hydrogens (tertiary/aromatic N) is 5. The summed E-state index contributed by atoms with van der Waals surface area (Å²) < 4.78 is 0. The van der Waals surface area contributed by atoms with Gasteiger partial charge in [0.05, 0.1) is 23.0 Å². The van der Waals surface area contributed by atoms with E-state index < -0.39 is 0 Å². The summed E-state index contributed by atoms with van der Waals surface area (Å²) in [6.45, 7) is 4.68. The van der Waals surface area contributed by atoms with Crippen molar-refractivity contribution in [1.82, 2.24) is 19.9 Å². The summed E-state index contributed by atoms with van der Waals surface area (Å²) in [5, 5.41) is 0. The maximum absolute atomic E-state index is 13.3. The molecule has 6 heteroatoms. The van der Waals surface area contributed by atoms with Gasteiger partial charge in [-0.3, -0.25) is 9.78 Å². The van der Waals surface area contributed by atoms with Crippen molar-refractivity contribution >= 4 is 11.9 Å². The molecule has 1 atom stereocenters. The van der Waals surface area contributed by atoms with Crippen LogP contribution in [0.4, 0.5) is 5.95 Å². The third-order valence-corrected chi connectivity index (χ3v) is 5.63. The van der Waals surface area contributed by atoms with E-state index in [0.717, 1.165) is 56.2 Å². The highest BCUT2D eigenvalue weighted by Crippen LogP contribution is 2.31. The van der Waals surface area contributed by atoms with Gasteiger partial charge in [0.2, 0.25) is 5.95 Å². The summed E-state index contributed by atoms with van der Waals surface area (Å²) >= 11 is 0. The number of aryl methyl sites for hydroxylation is 1. The molecule has 2 saturated heterocycles. The lowest BCUT2D eigenvalue weighted by molar-refractivity contribution is 0.0604. The molecule has 2 aliphatic heterocycles. The maximum atomic E-state index is 13.3. The zero-order chi connectivity index (χ0) is 18.6. The standard InChI is InChI=1S/C21H27N5O/c1-16-17(15-23-21(24-16)25-12-6-2-7-13-25)20(27)26-14-8-4-10-19(26)18-9-3-5-11-22-18/h3,5,9,11,15,19H,2,4,6-8,10,12-14H2,1H3. The summed E-state index contributed by atoms with van der Waals surface area (Å²) in [6, 6.07) is 5.95. The third kappa shape index (κ3) is 3.80. The van der Waals surface area contributed by atoms with E-state index >= 15 is 0 Å². The van der Waals surface area contributed by atoms with Crippen LogP contribution in [0.15, 0.2) is 30.6 Å². The van der Waals surface area contributed by atoms with E-state index in [0.29, 0.717) is 5.56 Å². The fourth-order valence-electron chi connectivity index (χ4n) is 4.12. The molecule has 0 aliphatic carbocycles. The van der Waals surface area contributed by atoms with Crippen LogP contribution in [-0.2, 0) is 0 Å². The predicted octanol–water partition coefficient (Wildman–Crippen LogP) is 3.54. The van der Waals surface area contributed by atoms with Crippen molar-refractivity contribution in [1.29, 1.82) is 0 Å². The molecule has 142 valence electrons. The number of carbonyl (C=O) groups is 1. The van der Waals surface area contributed by atoms with Gasteiger partial charge in [0.15, 0.2) is 0 Å². The van der Waals surface area contributed by atoms with Crippen LogP contribution in [0.2, 0.25) is 0 Å². The minimum absolute atomic E-state index is 0.0213. The number of carbonyl (C=O) groups excluding carboxylic acids is 1. The van der Waals surface area contributed by atoms with Gasteiger partial charge < -0.3 is 9.80 Å². The molecule has 4 rings (SSSR count). The first kappa shape index (κ1) is 17.9. The van der Waals surface area contributed by atoms with Gasteiger partial charge in [-0.1, -0.05) is 6.07 Å². The number of pyridine rings is 1. The lowest BCUT2D eigenvalue weighted by atomic mass is 9.97. The zero-order valence-electron chi connectivity index (χ0n) is 16.0. The fourth-order valence-corrected chi connectivity index (χ4v) is 4.12. The van der Waals surface area contributed by atoms with Gasteiger partial charge in [0.25, 0.3) is 5.91 Å². The molecule has 1 amide bonds. The van der Waals surface area contributed by atoms with Gasteiger partial charge in [-0.15, -0.1) is 0 Å². The average molecular weight is 365 g/mol. The Labute approximate surface area is 160 Å². The highest BCUT2D eigenvalue weighted by Gasteiger charge is 2.31. The number of piperidine rings is 2. The summed E-state index contributed by atoms with van der Waals surface area (Å²) in [4.78, 5) is 31.2. The summed E-state index contributed by atoms with van der Waals surface area (Å²) in [6.07, 6.45) is 10.3. The third-order valence-electron chi connectivity index (χ3n) is 5.63. The maximum Gasteiger partial charge on any atom is 0.257 e. The Morgan fingerprint density at radius 3 is 2.59 bits per heavy atom. The Hall–Kier alpha value is -2.50. The topological polar surface area (TPSA) is 62.2 Å². The normalized spacial score (nSPS) is 20.6. The summed E-state index contributed by atoms with van der Waals surface area (Å²) in [7, 11) is 0. The number of rotatable bonds is 3. The van der Waals surface area contributed by atoms with Crippen molar-refractivity contribution in [2.24, 2.45) is 0 Å². The Bertz CT molecular complexity index is 788. The molecule has 0 bridgehead atoms. The molecule has 0 spiro atoms. The minimum Gasteiger partial charge on any atom is -0.341 e. The lowest BCUT2D eigenvalue weighted by Gasteiger charge is -2.35. The second-order valence-corrected chi connectivity index (χ2v) is 7.48. The largest absolute Gasteiger partial charge is 0.341 e. The first-order valence-electron chi connectivity index (χ1n) is 10.0. The Balaban J connectivity index is 1.57. The highest BCUT2D eigenvalue weighted by molar-refractivity contribution is 5.95. The van der Waals surface area contributed by atoms with Crippen LogP contribution in [0.5, 0.6) is 0 Å². The molecular weight excluding hydrogens is 338 g/mol. The summed E-state index contributed by atoms with van der Waals surface area (Å²) in [5.74, 6) is 0.775. The van der Waals surface area contributed by atoms with Gasteiger partial charge in [-0.2, -0.15) is 0 Å². The molecule has 2 fully saturated rings. The van der Waals surface area contributed by atoms with E-state index in [2.05, 4.69) is 19.9 Å². The van der Waals surface area contributed by atoms with Crippen molar-refractivity contribution in [2.45, 2.75) is 51.5 Å². The number of likely N-dealkylation sites (tertiary alicyclic amines) is 1. The molecule has 27 heavy (non-hydrogen) atoms. The Kier molecular flexibility index (Phi) is 5.32. The molecule has 0 radical (unpaired) electrons. The zero-order valence-corrected chi connectivity index (χ0v) is 16.0. The molecule has 6 nitrogen and oxygen atoms in total. The monoisotopic (exact) mass is 365 g/mol. The second-order valence-electron chi connectivity index (χ2n) is 7.48. The fraction of sp³-hybridized carbons (Fsp3) is 0.524. The molecule has 0 N–H and O–H groups in total. The molecule has 0 aromatic carbocycles. The molecule has 2 aromatic rings. The first-order valence-corrected chi connectivity index (χ1v) is 10.0. The smallest absolute Gasteiger partial charge is 0.257 e. The van der Waals surface area contributed by atoms with Crippen LogP contribution in [0, 0.1) is 6.92 Å². The van der Waals surface area contributed by atoms with Gasteiger partial charge in [-0.25, -0.2) is 9.97 Å². The summed E-state index contributed by atoms with van der Waals surface area (Å²) in [5.41, 5.74) is 2.34. The molecule has 2 aromatic heterocycles. The van der Waals surface area contributed by atoms with Gasteiger partial charge in [0, 0.05) is 32.0 Å². The lowest BCUT2D eigenvalue weighted by Crippen LogP contribution is -2.39. The highest BCUT2D eigenvalue weighted by atomic mass is 16.2. The molecule has 2 aliphatic rings. The molecule has 1 unspecified atom stereocenters. The van der Waals surface area contributed by atoms with E-state index in [1.54, 1.807) is 12.4 Å². The van der Waals surface area contributed by atoms with Crippen molar-refractivity contribution in [2.75, 3.05) is 24.5 Å². The van der Waals surface area contributed by atoms with Gasteiger partial charge in [-0.05, 0) is 57.6 Å². The van der Waals surface area contributed by atoms with E-state index in [-0.39, 0.29) is 11.9 Å². The molecule has 4 heterocycles. The number of amides is 1. The van der Waals surface area contributed by atoms with Crippen molar-refractivity contribution in [3.63, 3.8) is 0 Å². The predicted molar refractivity (Wildman–Crippen MR) is 105 cm³/mol. The Morgan fingerprint density at radius 2 is 1.85 bits per heavy atom. The van der Waals surface area contributed by atoms with Crippen molar-refractivity contribution in [3.05, 3.63) is 47.5 Å². The van der Waals surface area contributed by atoms with Crippen molar-refractivity contribution < 1.29 is 4.79 Å². The van der Waals surface area contributed by atoms with Crippen LogP contribution in [-0.4, -0.2) is 45.4 Å². The first-order chi connectivity index (χ1) is 13.2.